The number of piperidine rings is 1. The molecule has 2 aliphatic heterocycles. The van der Waals surface area contributed by atoms with Crippen molar-refractivity contribution < 1.29 is 13.6 Å². The fourth-order valence-corrected chi connectivity index (χ4v) is 4.02. The SMILES string of the molecule is C[C@@H]1CCCCN1CCNC(=O)NC[C@@H]1CCN(c2ccc(F)c(F)c2)C1. The molecule has 3 rings (SSSR count). The number of benzene rings is 1. The molecule has 0 radical (unpaired) electrons. The zero-order chi connectivity index (χ0) is 19.2. The zero-order valence-electron chi connectivity index (χ0n) is 16.0. The number of anilines is 1. The topological polar surface area (TPSA) is 47.6 Å². The van der Waals surface area contributed by atoms with Crippen LogP contribution in [0.5, 0.6) is 0 Å². The van der Waals surface area contributed by atoms with Gasteiger partial charge in [0.05, 0.1) is 0 Å². The molecule has 0 bridgehead atoms. The Labute approximate surface area is 160 Å². The highest BCUT2D eigenvalue weighted by Crippen LogP contribution is 2.25. The van der Waals surface area contributed by atoms with Crippen molar-refractivity contribution in [3.8, 4) is 0 Å². The summed E-state index contributed by atoms with van der Waals surface area (Å²) in [6, 6.07) is 4.46. The van der Waals surface area contributed by atoms with Gasteiger partial charge in [0.25, 0.3) is 0 Å². The number of urea groups is 1. The predicted molar refractivity (Wildman–Crippen MR) is 103 cm³/mol. The molecule has 2 heterocycles. The van der Waals surface area contributed by atoms with Gasteiger partial charge in [-0.15, -0.1) is 0 Å². The highest BCUT2D eigenvalue weighted by atomic mass is 19.2. The number of carbonyl (C=O) groups is 1. The van der Waals surface area contributed by atoms with E-state index in [0.29, 0.717) is 30.7 Å². The summed E-state index contributed by atoms with van der Waals surface area (Å²) in [5.41, 5.74) is 0.691. The van der Waals surface area contributed by atoms with Gasteiger partial charge in [-0.2, -0.15) is 0 Å². The molecule has 0 saturated carbocycles. The Balaban J connectivity index is 1.34. The minimum Gasteiger partial charge on any atom is -0.371 e. The first-order valence-electron chi connectivity index (χ1n) is 9.98. The molecule has 7 heteroatoms. The molecule has 0 spiro atoms. The summed E-state index contributed by atoms with van der Waals surface area (Å²) in [7, 11) is 0. The molecule has 1 aromatic rings. The normalized spacial score (nSPS) is 23.4. The summed E-state index contributed by atoms with van der Waals surface area (Å²) in [6.45, 7) is 7.02. The number of nitrogens with zero attached hydrogens (tertiary/aromatic N) is 2. The molecule has 2 aliphatic rings. The number of nitrogens with one attached hydrogen (secondary N) is 2. The van der Waals surface area contributed by atoms with Gasteiger partial charge in [0.15, 0.2) is 11.6 Å². The third kappa shape index (κ3) is 5.54. The van der Waals surface area contributed by atoms with Crippen LogP contribution in [0.1, 0.15) is 32.6 Å². The molecule has 1 aromatic carbocycles. The summed E-state index contributed by atoms with van der Waals surface area (Å²) >= 11 is 0. The number of carbonyl (C=O) groups excluding carboxylic acids is 1. The minimum absolute atomic E-state index is 0.133. The highest BCUT2D eigenvalue weighted by molar-refractivity contribution is 5.73. The molecular weight excluding hydrogens is 350 g/mol. The molecule has 2 fully saturated rings. The van der Waals surface area contributed by atoms with E-state index in [1.54, 1.807) is 6.07 Å². The molecular formula is C20H30F2N4O. The molecule has 2 saturated heterocycles. The second-order valence-corrected chi connectivity index (χ2v) is 7.72. The number of hydrogen-bond acceptors (Lipinski definition) is 3. The van der Waals surface area contributed by atoms with Crippen LogP contribution in [0.4, 0.5) is 19.3 Å². The summed E-state index contributed by atoms with van der Waals surface area (Å²) in [4.78, 5) is 16.5. The summed E-state index contributed by atoms with van der Waals surface area (Å²) in [6.07, 6.45) is 4.70. The lowest BCUT2D eigenvalue weighted by Crippen LogP contribution is -2.45. The maximum absolute atomic E-state index is 13.4. The number of hydrogen-bond donors (Lipinski definition) is 2. The van der Waals surface area contributed by atoms with E-state index in [0.717, 1.165) is 38.7 Å². The quantitative estimate of drug-likeness (QED) is 0.798. The first kappa shape index (κ1) is 19.9. The first-order chi connectivity index (χ1) is 13.0. The van der Waals surface area contributed by atoms with Crippen LogP contribution >= 0.6 is 0 Å². The molecule has 27 heavy (non-hydrogen) atoms. The molecule has 0 unspecified atom stereocenters. The second-order valence-electron chi connectivity index (χ2n) is 7.72. The maximum Gasteiger partial charge on any atom is 0.314 e. The van der Waals surface area contributed by atoms with Gasteiger partial charge in [-0.05, 0) is 50.8 Å². The van der Waals surface area contributed by atoms with Crippen LogP contribution in [-0.4, -0.2) is 56.2 Å². The zero-order valence-corrected chi connectivity index (χ0v) is 16.0. The van der Waals surface area contributed by atoms with Crippen molar-refractivity contribution in [2.24, 2.45) is 5.92 Å². The van der Waals surface area contributed by atoms with Crippen molar-refractivity contribution in [1.29, 1.82) is 0 Å². The molecule has 2 amide bonds. The number of amides is 2. The Hall–Kier alpha value is -1.89. The molecule has 0 aromatic heterocycles. The Kier molecular flexibility index (Phi) is 6.88. The van der Waals surface area contributed by atoms with E-state index >= 15 is 0 Å². The van der Waals surface area contributed by atoms with Gasteiger partial charge in [-0.1, -0.05) is 6.42 Å². The lowest BCUT2D eigenvalue weighted by atomic mass is 10.0. The number of halogens is 2. The lowest BCUT2D eigenvalue weighted by molar-refractivity contribution is 0.161. The van der Waals surface area contributed by atoms with E-state index in [4.69, 9.17) is 0 Å². The van der Waals surface area contributed by atoms with Gasteiger partial charge in [-0.25, -0.2) is 13.6 Å². The molecule has 2 N–H and O–H groups in total. The van der Waals surface area contributed by atoms with Crippen LogP contribution in [0.15, 0.2) is 18.2 Å². The van der Waals surface area contributed by atoms with Crippen molar-refractivity contribution in [2.75, 3.05) is 44.2 Å². The van der Waals surface area contributed by atoms with E-state index in [1.165, 1.54) is 25.3 Å². The molecule has 5 nitrogen and oxygen atoms in total. The van der Waals surface area contributed by atoms with Crippen LogP contribution in [0.2, 0.25) is 0 Å². The third-order valence-corrected chi connectivity index (χ3v) is 5.73. The van der Waals surface area contributed by atoms with Gasteiger partial charge >= 0.3 is 6.03 Å². The fourth-order valence-electron chi connectivity index (χ4n) is 4.02. The largest absolute Gasteiger partial charge is 0.371 e. The van der Waals surface area contributed by atoms with Crippen LogP contribution in [0, 0.1) is 17.6 Å². The predicted octanol–water partition coefficient (Wildman–Crippen LogP) is 2.96. The Morgan fingerprint density at radius 2 is 2.00 bits per heavy atom. The van der Waals surface area contributed by atoms with Crippen molar-refractivity contribution in [3.63, 3.8) is 0 Å². The first-order valence-corrected chi connectivity index (χ1v) is 9.98. The van der Waals surface area contributed by atoms with Gasteiger partial charge in [0.2, 0.25) is 0 Å². The van der Waals surface area contributed by atoms with Crippen molar-refractivity contribution in [2.45, 2.75) is 38.6 Å². The van der Waals surface area contributed by atoms with Crippen molar-refractivity contribution in [1.82, 2.24) is 15.5 Å². The van der Waals surface area contributed by atoms with E-state index in [2.05, 4.69) is 22.5 Å². The van der Waals surface area contributed by atoms with Gasteiger partial charge in [-0.3, -0.25) is 4.90 Å². The van der Waals surface area contributed by atoms with Crippen molar-refractivity contribution in [3.05, 3.63) is 29.8 Å². The Morgan fingerprint density at radius 3 is 2.78 bits per heavy atom. The fraction of sp³-hybridized carbons (Fsp3) is 0.650. The Morgan fingerprint density at radius 1 is 1.15 bits per heavy atom. The van der Waals surface area contributed by atoms with Crippen LogP contribution in [0.3, 0.4) is 0 Å². The third-order valence-electron chi connectivity index (χ3n) is 5.73. The smallest absolute Gasteiger partial charge is 0.314 e. The molecule has 0 aliphatic carbocycles. The van der Waals surface area contributed by atoms with E-state index < -0.39 is 11.6 Å². The van der Waals surface area contributed by atoms with Crippen LogP contribution in [0.25, 0.3) is 0 Å². The van der Waals surface area contributed by atoms with E-state index in [-0.39, 0.29) is 6.03 Å². The Bertz CT molecular complexity index is 642. The monoisotopic (exact) mass is 380 g/mol. The van der Waals surface area contributed by atoms with E-state index in [1.807, 2.05) is 4.90 Å². The van der Waals surface area contributed by atoms with Gasteiger partial charge < -0.3 is 15.5 Å². The standard InChI is InChI=1S/C20H30F2N4O/c1-15-4-2-3-9-25(15)11-8-23-20(27)24-13-16-7-10-26(14-16)17-5-6-18(21)19(22)12-17/h5-6,12,15-16H,2-4,7-11,13-14H2,1H3,(H2,23,24,27)/t15-,16+/m1/s1. The second kappa shape index (κ2) is 9.35. The lowest BCUT2D eigenvalue weighted by Gasteiger charge is -2.33. The number of likely N-dealkylation sites (tertiary alicyclic amines) is 1. The van der Waals surface area contributed by atoms with Gasteiger partial charge in [0.1, 0.15) is 0 Å². The van der Waals surface area contributed by atoms with Crippen LogP contribution in [-0.2, 0) is 0 Å². The maximum atomic E-state index is 13.4. The minimum atomic E-state index is -0.827. The summed E-state index contributed by atoms with van der Waals surface area (Å²) in [5.74, 6) is -1.34. The number of rotatable bonds is 6. The highest BCUT2D eigenvalue weighted by Gasteiger charge is 2.24. The van der Waals surface area contributed by atoms with Gasteiger partial charge in [0, 0.05) is 50.5 Å². The average molecular weight is 380 g/mol. The average Bonchev–Trinajstić information content (AvgIpc) is 3.13. The van der Waals surface area contributed by atoms with E-state index in [9.17, 15) is 13.6 Å². The van der Waals surface area contributed by atoms with Crippen LogP contribution < -0.4 is 15.5 Å². The molecule has 2 atom stereocenters. The summed E-state index contributed by atoms with van der Waals surface area (Å²) in [5, 5.41) is 5.87. The molecule has 150 valence electrons. The summed E-state index contributed by atoms with van der Waals surface area (Å²) < 4.78 is 26.5. The van der Waals surface area contributed by atoms with Crippen molar-refractivity contribution >= 4 is 11.7 Å².